The van der Waals surface area contributed by atoms with Crippen molar-refractivity contribution in [1.29, 1.82) is 5.26 Å². The molecule has 0 heterocycles. The Morgan fingerprint density at radius 1 is 0.931 bits per heavy atom. The number of rotatable bonds is 7. The molecule has 1 N–H and O–H groups in total. The van der Waals surface area contributed by atoms with Crippen LogP contribution < -0.4 is 5.32 Å². The Hall–Kier alpha value is -3.46. The second kappa shape index (κ2) is 9.16. The van der Waals surface area contributed by atoms with Gasteiger partial charge in [0, 0.05) is 11.1 Å². The topological polar surface area (TPSA) is 96.3 Å². The Morgan fingerprint density at radius 2 is 1.45 bits per heavy atom. The van der Waals surface area contributed by atoms with E-state index in [0.29, 0.717) is 11.1 Å². The van der Waals surface area contributed by atoms with Gasteiger partial charge in [0.05, 0.1) is 11.6 Å². The molecule has 0 spiro atoms. The van der Waals surface area contributed by atoms with E-state index in [0.717, 1.165) is 0 Å². The zero-order valence-electron chi connectivity index (χ0n) is 16.9. The molecule has 0 saturated carbocycles. The number of ketones is 1. The van der Waals surface area contributed by atoms with Gasteiger partial charge in [0.15, 0.2) is 11.9 Å². The van der Waals surface area contributed by atoms with Gasteiger partial charge in [0.25, 0.3) is 5.91 Å². The van der Waals surface area contributed by atoms with E-state index in [1.165, 1.54) is 19.1 Å². The molecule has 0 aliphatic carbocycles. The highest BCUT2D eigenvalue weighted by atomic mass is 16.5. The van der Waals surface area contributed by atoms with Crippen molar-refractivity contribution < 1.29 is 19.1 Å². The van der Waals surface area contributed by atoms with Gasteiger partial charge in [-0.05, 0) is 31.9 Å². The largest absolute Gasteiger partial charge is 0.449 e. The number of hydrogen-bond donors (Lipinski definition) is 1. The molecule has 2 aromatic rings. The van der Waals surface area contributed by atoms with Crippen LogP contribution >= 0.6 is 0 Å². The Bertz CT molecular complexity index is 930. The van der Waals surface area contributed by atoms with E-state index < -0.39 is 23.5 Å². The lowest BCUT2D eigenvalue weighted by Gasteiger charge is -2.28. The van der Waals surface area contributed by atoms with Crippen molar-refractivity contribution in [3.8, 4) is 6.07 Å². The number of carbonyl (C=O) groups excluding carboxylic acids is 3. The summed E-state index contributed by atoms with van der Waals surface area (Å²) in [6.07, 6.45) is -1.07. The van der Waals surface area contributed by atoms with Gasteiger partial charge in [-0.15, -0.1) is 0 Å². The van der Waals surface area contributed by atoms with Gasteiger partial charge >= 0.3 is 5.97 Å². The van der Waals surface area contributed by atoms with Gasteiger partial charge in [0.1, 0.15) is 5.54 Å². The normalized spacial score (nSPS) is 13.7. The molecule has 0 saturated heterocycles. The second-order valence-electron chi connectivity index (χ2n) is 7.28. The summed E-state index contributed by atoms with van der Waals surface area (Å²) in [5.41, 5.74) is 0.164. The molecule has 6 nitrogen and oxygen atoms in total. The van der Waals surface area contributed by atoms with E-state index in [-0.39, 0.29) is 17.3 Å². The van der Waals surface area contributed by atoms with Gasteiger partial charge < -0.3 is 10.1 Å². The number of nitrogens with one attached hydrogen (secondary N) is 1. The number of esters is 1. The van der Waals surface area contributed by atoms with Crippen molar-refractivity contribution in [2.45, 2.75) is 39.3 Å². The molecule has 2 atom stereocenters. The van der Waals surface area contributed by atoms with Crippen LogP contribution in [-0.2, 0) is 9.53 Å². The third-order valence-corrected chi connectivity index (χ3v) is 4.84. The maximum atomic E-state index is 12.4. The zero-order chi connectivity index (χ0) is 21.6. The summed E-state index contributed by atoms with van der Waals surface area (Å²) in [6.45, 7) is 6.70. The number of amides is 1. The molecular formula is C23H24N2O4. The molecule has 29 heavy (non-hydrogen) atoms. The number of ether oxygens (including phenoxy) is 1. The molecule has 1 amide bonds. The molecule has 2 aromatic carbocycles. The first-order valence-corrected chi connectivity index (χ1v) is 9.32. The van der Waals surface area contributed by atoms with Crippen molar-refractivity contribution >= 4 is 17.7 Å². The number of nitriles is 1. The fraction of sp³-hybridized carbons (Fsp3) is 0.304. The number of carbonyl (C=O) groups is 3. The molecule has 0 bridgehead atoms. The first-order valence-electron chi connectivity index (χ1n) is 9.32. The summed E-state index contributed by atoms with van der Waals surface area (Å²) >= 11 is 0. The quantitative estimate of drug-likeness (QED) is 0.574. The van der Waals surface area contributed by atoms with Crippen LogP contribution in [0.3, 0.4) is 0 Å². The van der Waals surface area contributed by atoms with Gasteiger partial charge in [0.2, 0.25) is 0 Å². The van der Waals surface area contributed by atoms with Crippen LogP contribution in [0, 0.1) is 17.2 Å². The summed E-state index contributed by atoms with van der Waals surface area (Å²) in [5, 5.41) is 11.9. The molecule has 6 heteroatoms. The maximum Gasteiger partial charge on any atom is 0.338 e. The van der Waals surface area contributed by atoms with E-state index in [2.05, 4.69) is 11.4 Å². The van der Waals surface area contributed by atoms with Gasteiger partial charge in [-0.25, -0.2) is 4.79 Å². The molecule has 0 fully saturated rings. The van der Waals surface area contributed by atoms with Crippen molar-refractivity contribution in [2.24, 2.45) is 5.92 Å². The van der Waals surface area contributed by atoms with Crippen LogP contribution in [0.4, 0.5) is 0 Å². The minimum Gasteiger partial charge on any atom is -0.449 e. The average Bonchev–Trinajstić information content (AvgIpc) is 2.73. The molecule has 0 aliphatic rings. The van der Waals surface area contributed by atoms with E-state index in [9.17, 15) is 19.6 Å². The first-order chi connectivity index (χ1) is 13.7. The highest BCUT2D eigenvalue weighted by Gasteiger charge is 2.32. The third-order valence-electron chi connectivity index (χ3n) is 4.84. The maximum absolute atomic E-state index is 12.4. The third kappa shape index (κ3) is 5.29. The van der Waals surface area contributed by atoms with E-state index >= 15 is 0 Å². The molecule has 0 aromatic heterocycles. The Morgan fingerprint density at radius 3 is 1.97 bits per heavy atom. The fourth-order valence-electron chi connectivity index (χ4n) is 2.45. The minimum atomic E-state index is -1.07. The molecule has 0 unspecified atom stereocenters. The van der Waals surface area contributed by atoms with E-state index in [1.807, 2.05) is 19.9 Å². The molecule has 0 aliphatic heterocycles. The van der Waals surface area contributed by atoms with Gasteiger partial charge in [-0.1, -0.05) is 56.3 Å². The van der Waals surface area contributed by atoms with Crippen LogP contribution in [0.15, 0.2) is 54.6 Å². The average molecular weight is 392 g/mol. The fourth-order valence-corrected chi connectivity index (χ4v) is 2.45. The summed E-state index contributed by atoms with van der Waals surface area (Å²) in [4.78, 5) is 37.0. The molecule has 0 radical (unpaired) electrons. The van der Waals surface area contributed by atoms with Crippen LogP contribution in [0.5, 0.6) is 0 Å². The lowest BCUT2D eigenvalue weighted by molar-refractivity contribution is -0.130. The zero-order valence-corrected chi connectivity index (χ0v) is 16.9. The van der Waals surface area contributed by atoms with Crippen LogP contribution in [0.2, 0.25) is 0 Å². The standard InChI is InChI=1S/C23H24N2O4/c1-15(2)23(4,14-24)25-21(27)16(3)29-22(28)19-12-10-18(11-13-19)20(26)17-8-6-5-7-9-17/h5-13,15-16H,1-4H3,(H,25,27)/t16-,23+/m0/s1. The first kappa shape index (κ1) is 21.8. The number of benzene rings is 2. The predicted molar refractivity (Wildman–Crippen MR) is 108 cm³/mol. The summed E-state index contributed by atoms with van der Waals surface area (Å²) in [6, 6.07) is 17.0. The summed E-state index contributed by atoms with van der Waals surface area (Å²) in [7, 11) is 0. The molecule has 150 valence electrons. The van der Waals surface area contributed by atoms with E-state index in [1.54, 1.807) is 43.3 Å². The predicted octanol–water partition coefficient (Wildman–Crippen LogP) is 3.52. The molecular weight excluding hydrogens is 368 g/mol. The molecule has 2 rings (SSSR count). The van der Waals surface area contributed by atoms with Crippen LogP contribution in [0.25, 0.3) is 0 Å². The van der Waals surface area contributed by atoms with Crippen molar-refractivity contribution in [1.82, 2.24) is 5.32 Å². The SMILES string of the molecule is CC(C)[C@@](C)(C#N)NC(=O)[C@H](C)OC(=O)c1ccc(C(=O)c2ccccc2)cc1. The van der Waals surface area contributed by atoms with Crippen LogP contribution in [0.1, 0.15) is 54.0 Å². The van der Waals surface area contributed by atoms with Gasteiger partial charge in [-0.3, -0.25) is 9.59 Å². The Balaban J connectivity index is 2.03. The summed E-state index contributed by atoms with van der Waals surface area (Å²) in [5.74, 6) is -1.50. The van der Waals surface area contributed by atoms with Crippen molar-refractivity contribution in [3.05, 3.63) is 71.3 Å². The van der Waals surface area contributed by atoms with Crippen LogP contribution in [-0.4, -0.2) is 29.3 Å². The number of nitrogens with zero attached hydrogens (tertiary/aromatic N) is 1. The lowest BCUT2D eigenvalue weighted by atomic mass is 9.90. The highest BCUT2D eigenvalue weighted by Crippen LogP contribution is 2.16. The smallest absolute Gasteiger partial charge is 0.338 e. The second-order valence-corrected chi connectivity index (χ2v) is 7.28. The Kier molecular flexibility index (Phi) is 6.89. The van der Waals surface area contributed by atoms with Gasteiger partial charge in [-0.2, -0.15) is 5.26 Å². The van der Waals surface area contributed by atoms with Crippen molar-refractivity contribution in [3.63, 3.8) is 0 Å². The number of hydrogen-bond acceptors (Lipinski definition) is 5. The lowest BCUT2D eigenvalue weighted by Crippen LogP contribution is -2.52. The summed E-state index contributed by atoms with van der Waals surface area (Å²) < 4.78 is 5.21. The monoisotopic (exact) mass is 392 g/mol. The van der Waals surface area contributed by atoms with Crippen molar-refractivity contribution in [2.75, 3.05) is 0 Å². The highest BCUT2D eigenvalue weighted by molar-refractivity contribution is 6.09. The minimum absolute atomic E-state index is 0.117. The Labute approximate surface area is 170 Å². The van der Waals surface area contributed by atoms with E-state index in [4.69, 9.17) is 4.74 Å².